The van der Waals surface area contributed by atoms with Crippen molar-refractivity contribution in [3.05, 3.63) is 23.9 Å². The molecule has 0 spiro atoms. The molecule has 0 saturated heterocycles. The number of nitrogens with zero attached hydrogens (tertiary/aromatic N) is 2. The topological polar surface area (TPSA) is 65.5 Å². The number of pyridine rings is 1. The molecule has 0 saturated carbocycles. The SMILES string of the molecule is CCCN(CC(=O)NC)c1ccc([C@@H](C)O)cn1. The predicted octanol–water partition coefficient (Wildman–Crippen LogP) is 1.10. The average Bonchev–Trinajstić information content (AvgIpc) is 2.38. The number of carbonyl (C=O) groups excluding carboxylic acids is 1. The molecular weight excluding hydrogens is 230 g/mol. The molecule has 0 aliphatic rings. The third-order valence-electron chi connectivity index (χ3n) is 2.68. The van der Waals surface area contributed by atoms with Crippen molar-refractivity contribution in [2.24, 2.45) is 0 Å². The van der Waals surface area contributed by atoms with Gasteiger partial charge in [-0.1, -0.05) is 13.0 Å². The molecule has 0 aromatic carbocycles. The number of nitrogens with one attached hydrogen (secondary N) is 1. The van der Waals surface area contributed by atoms with Crippen LogP contribution in [0.2, 0.25) is 0 Å². The van der Waals surface area contributed by atoms with Crippen LogP contribution < -0.4 is 10.2 Å². The first kappa shape index (κ1) is 14.4. The average molecular weight is 251 g/mol. The number of anilines is 1. The van der Waals surface area contributed by atoms with Gasteiger partial charge in [-0.3, -0.25) is 4.79 Å². The number of hydrogen-bond donors (Lipinski definition) is 2. The summed E-state index contributed by atoms with van der Waals surface area (Å²) >= 11 is 0. The zero-order chi connectivity index (χ0) is 13.5. The molecule has 1 aromatic rings. The van der Waals surface area contributed by atoms with Crippen LogP contribution >= 0.6 is 0 Å². The quantitative estimate of drug-likeness (QED) is 0.794. The number of aromatic nitrogens is 1. The highest BCUT2D eigenvalue weighted by Crippen LogP contribution is 2.15. The van der Waals surface area contributed by atoms with Gasteiger partial charge in [0.05, 0.1) is 12.6 Å². The molecule has 0 unspecified atom stereocenters. The zero-order valence-corrected chi connectivity index (χ0v) is 11.2. The van der Waals surface area contributed by atoms with E-state index in [-0.39, 0.29) is 5.91 Å². The number of aliphatic hydroxyl groups is 1. The van der Waals surface area contributed by atoms with E-state index in [1.807, 2.05) is 17.0 Å². The van der Waals surface area contributed by atoms with Crippen molar-refractivity contribution in [2.75, 3.05) is 25.0 Å². The molecule has 0 aliphatic heterocycles. The summed E-state index contributed by atoms with van der Waals surface area (Å²) in [6.07, 6.45) is 2.06. The molecule has 1 atom stereocenters. The van der Waals surface area contributed by atoms with Crippen LogP contribution in [0.4, 0.5) is 5.82 Å². The lowest BCUT2D eigenvalue weighted by molar-refractivity contribution is -0.119. The van der Waals surface area contributed by atoms with Crippen LogP contribution in [0.5, 0.6) is 0 Å². The van der Waals surface area contributed by atoms with E-state index in [2.05, 4.69) is 17.2 Å². The Bertz CT molecular complexity index is 376. The highest BCUT2D eigenvalue weighted by atomic mass is 16.3. The highest BCUT2D eigenvalue weighted by molar-refractivity contribution is 5.80. The minimum absolute atomic E-state index is 0.0372. The molecule has 5 heteroatoms. The molecule has 0 aliphatic carbocycles. The molecule has 1 aromatic heterocycles. The van der Waals surface area contributed by atoms with Crippen LogP contribution in [-0.4, -0.2) is 36.1 Å². The van der Waals surface area contributed by atoms with Crippen LogP contribution in [0.25, 0.3) is 0 Å². The van der Waals surface area contributed by atoms with Gasteiger partial charge in [0.1, 0.15) is 5.82 Å². The molecular formula is C13H21N3O2. The molecule has 0 fully saturated rings. The van der Waals surface area contributed by atoms with Gasteiger partial charge in [-0.2, -0.15) is 0 Å². The summed E-state index contributed by atoms with van der Waals surface area (Å²) in [5.74, 6) is 0.717. The van der Waals surface area contributed by atoms with Crippen molar-refractivity contribution in [3.63, 3.8) is 0 Å². The number of carbonyl (C=O) groups is 1. The van der Waals surface area contributed by atoms with Crippen molar-refractivity contribution in [1.82, 2.24) is 10.3 Å². The van der Waals surface area contributed by atoms with Crippen molar-refractivity contribution < 1.29 is 9.90 Å². The molecule has 5 nitrogen and oxygen atoms in total. The van der Waals surface area contributed by atoms with Gasteiger partial charge in [-0.25, -0.2) is 4.98 Å². The largest absolute Gasteiger partial charge is 0.389 e. The fourth-order valence-electron chi connectivity index (χ4n) is 1.63. The minimum Gasteiger partial charge on any atom is -0.389 e. The molecule has 2 N–H and O–H groups in total. The summed E-state index contributed by atoms with van der Waals surface area (Å²) in [5, 5.41) is 12.0. The maximum atomic E-state index is 11.4. The normalized spacial score (nSPS) is 12.0. The Hall–Kier alpha value is -1.62. The van der Waals surface area contributed by atoms with E-state index < -0.39 is 6.10 Å². The first-order valence-electron chi connectivity index (χ1n) is 6.18. The van der Waals surface area contributed by atoms with E-state index in [0.717, 1.165) is 24.3 Å². The van der Waals surface area contributed by atoms with Crippen molar-refractivity contribution in [3.8, 4) is 0 Å². The monoisotopic (exact) mass is 251 g/mol. The fourth-order valence-corrected chi connectivity index (χ4v) is 1.63. The Balaban J connectivity index is 2.81. The standard InChI is InChI=1S/C13H21N3O2/c1-4-7-16(9-13(18)14-3)12-6-5-11(8-15-12)10(2)17/h5-6,8,10,17H,4,7,9H2,1-3H3,(H,14,18)/t10-/m1/s1. The summed E-state index contributed by atoms with van der Waals surface area (Å²) in [4.78, 5) is 17.6. The molecule has 0 bridgehead atoms. The van der Waals surface area contributed by atoms with Gasteiger partial charge in [0, 0.05) is 19.8 Å². The lowest BCUT2D eigenvalue weighted by atomic mass is 10.2. The molecule has 1 rings (SSSR count). The Labute approximate surface area is 108 Å². The maximum Gasteiger partial charge on any atom is 0.239 e. The number of hydrogen-bond acceptors (Lipinski definition) is 4. The third-order valence-corrected chi connectivity index (χ3v) is 2.68. The van der Waals surface area contributed by atoms with Gasteiger partial charge in [0.2, 0.25) is 5.91 Å². The number of aliphatic hydroxyl groups excluding tert-OH is 1. The third kappa shape index (κ3) is 4.00. The summed E-state index contributed by atoms with van der Waals surface area (Å²) in [5.41, 5.74) is 0.773. The summed E-state index contributed by atoms with van der Waals surface area (Å²) in [7, 11) is 1.62. The number of amides is 1. The summed E-state index contributed by atoms with van der Waals surface area (Å²) in [6, 6.07) is 3.67. The Kier molecular flexibility index (Phi) is 5.58. The predicted molar refractivity (Wildman–Crippen MR) is 71.4 cm³/mol. The first-order chi connectivity index (χ1) is 8.58. The van der Waals surface area contributed by atoms with E-state index in [1.54, 1.807) is 20.2 Å². The second kappa shape index (κ2) is 6.96. The smallest absolute Gasteiger partial charge is 0.239 e. The maximum absolute atomic E-state index is 11.4. The van der Waals surface area contributed by atoms with Crippen LogP contribution in [0.3, 0.4) is 0 Å². The lowest BCUT2D eigenvalue weighted by Crippen LogP contribution is -2.36. The van der Waals surface area contributed by atoms with Crippen molar-refractivity contribution in [1.29, 1.82) is 0 Å². The van der Waals surface area contributed by atoms with Crippen molar-refractivity contribution in [2.45, 2.75) is 26.4 Å². The number of likely N-dealkylation sites (N-methyl/N-ethyl adjacent to an activating group) is 1. The van der Waals surface area contributed by atoms with E-state index >= 15 is 0 Å². The molecule has 100 valence electrons. The summed E-state index contributed by atoms with van der Waals surface area (Å²) < 4.78 is 0. The van der Waals surface area contributed by atoms with Crippen LogP contribution in [0.1, 0.15) is 31.9 Å². The molecule has 1 amide bonds. The van der Waals surface area contributed by atoms with E-state index in [1.165, 1.54) is 0 Å². The van der Waals surface area contributed by atoms with Gasteiger partial charge in [0.25, 0.3) is 0 Å². The van der Waals surface area contributed by atoms with E-state index in [4.69, 9.17) is 0 Å². The molecule has 18 heavy (non-hydrogen) atoms. The van der Waals surface area contributed by atoms with Crippen LogP contribution in [0.15, 0.2) is 18.3 Å². The van der Waals surface area contributed by atoms with E-state index in [0.29, 0.717) is 6.54 Å². The van der Waals surface area contributed by atoms with E-state index in [9.17, 15) is 9.90 Å². The minimum atomic E-state index is -0.523. The molecule has 0 radical (unpaired) electrons. The molecule has 1 heterocycles. The Morgan fingerprint density at radius 3 is 2.72 bits per heavy atom. The number of rotatable bonds is 6. The van der Waals surface area contributed by atoms with Gasteiger partial charge in [-0.15, -0.1) is 0 Å². The van der Waals surface area contributed by atoms with Gasteiger partial charge < -0.3 is 15.3 Å². The van der Waals surface area contributed by atoms with Gasteiger partial charge in [0.15, 0.2) is 0 Å². The van der Waals surface area contributed by atoms with Crippen LogP contribution in [0, 0.1) is 0 Å². The lowest BCUT2D eigenvalue weighted by Gasteiger charge is -2.22. The fraction of sp³-hybridized carbons (Fsp3) is 0.538. The zero-order valence-electron chi connectivity index (χ0n) is 11.2. The Morgan fingerprint density at radius 2 is 2.28 bits per heavy atom. The van der Waals surface area contributed by atoms with Crippen molar-refractivity contribution >= 4 is 11.7 Å². The highest BCUT2D eigenvalue weighted by Gasteiger charge is 2.11. The van der Waals surface area contributed by atoms with Gasteiger partial charge >= 0.3 is 0 Å². The second-order valence-corrected chi connectivity index (χ2v) is 4.22. The van der Waals surface area contributed by atoms with Crippen LogP contribution in [-0.2, 0) is 4.79 Å². The first-order valence-corrected chi connectivity index (χ1v) is 6.18. The summed E-state index contributed by atoms with van der Waals surface area (Å²) in [6.45, 7) is 4.83. The van der Waals surface area contributed by atoms with Gasteiger partial charge in [-0.05, 0) is 25.0 Å². The second-order valence-electron chi connectivity index (χ2n) is 4.22. The Morgan fingerprint density at radius 1 is 1.56 bits per heavy atom.